The van der Waals surface area contributed by atoms with Gasteiger partial charge in [-0.25, -0.2) is 0 Å². The van der Waals surface area contributed by atoms with Crippen molar-refractivity contribution >= 4 is 0 Å². The summed E-state index contributed by atoms with van der Waals surface area (Å²) >= 11 is 0. The van der Waals surface area contributed by atoms with Crippen LogP contribution in [0, 0.1) is 0 Å². The van der Waals surface area contributed by atoms with Gasteiger partial charge in [0.1, 0.15) is 5.54 Å². The predicted molar refractivity (Wildman–Crippen MR) is 58.1 cm³/mol. The molecular formula is C10H19N3O3. The molecule has 0 spiro atoms. The molecule has 1 aromatic heterocycles. The monoisotopic (exact) mass is 229 g/mol. The second kappa shape index (κ2) is 5.27. The van der Waals surface area contributed by atoms with E-state index in [-0.39, 0.29) is 12.2 Å². The molecule has 1 unspecified atom stereocenters. The van der Waals surface area contributed by atoms with Crippen molar-refractivity contribution in [2.45, 2.75) is 39.3 Å². The molecule has 0 aromatic carbocycles. The van der Waals surface area contributed by atoms with Gasteiger partial charge in [-0.15, -0.1) is 0 Å². The van der Waals surface area contributed by atoms with Crippen LogP contribution in [0.25, 0.3) is 0 Å². The summed E-state index contributed by atoms with van der Waals surface area (Å²) in [6.07, 6.45) is 0.250. The molecule has 0 bridgehead atoms. The Morgan fingerprint density at radius 2 is 2.19 bits per heavy atom. The third kappa shape index (κ3) is 3.46. The first-order valence-corrected chi connectivity index (χ1v) is 5.33. The first-order chi connectivity index (χ1) is 7.45. The van der Waals surface area contributed by atoms with Crippen LogP contribution >= 0.6 is 0 Å². The van der Waals surface area contributed by atoms with Crippen LogP contribution in [0.15, 0.2) is 4.52 Å². The van der Waals surface area contributed by atoms with Gasteiger partial charge in [-0.3, -0.25) is 4.52 Å². The molecule has 6 nitrogen and oxygen atoms in total. The highest BCUT2D eigenvalue weighted by Gasteiger charge is 2.28. The van der Waals surface area contributed by atoms with Gasteiger partial charge in [0.2, 0.25) is 0 Å². The van der Waals surface area contributed by atoms with Crippen molar-refractivity contribution in [1.29, 1.82) is 0 Å². The Morgan fingerprint density at radius 3 is 2.75 bits per heavy atom. The lowest BCUT2D eigenvalue weighted by Gasteiger charge is -2.21. The van der Waals surface area contributed by atoms with Crippen LogP contribution in [0.4, 0.5) is 0 Å². The molecule has 0 saturated heterocycles. The molecule has 0 aliphatic carbocycles. The maximum atomic E-state index is 6.03. The average molecular weight is 229 g/mol. The Morgan fingerprint density at radius 1 is 1.50 bits per heavy atom. The van der Waals surface area contributed by atoms with Crippen molar-refractivity contribution in [2.75, 3.05) is 13.2 Å². The lowest BCUT2D eigenvalue weighted by Crippen LogP contribution is -2.40. The van der Waals surface area contributed by atoms with Crippen LogP contribution in [-0.2, 0) is 10.3 Å². The maximum absolute atomic E-state index is 6.03. The second-order valence-corrected chi connectivity index (χ2v) is 4.09. The summed E-state index contributed by atoms with van der Waals surface area (Å²) < 4.78 is 15.4. The summed E-state index contributed by atoms with van der Waals surface area (Å²) in [7, 11) is 0. The van der Waals surface area contributed by atoms with E-state index >= 15 is 0 Å². The summed E-state index contributed by atoms with van der Waals surface area (Å²) in [5, 5.41) is 3.77. The van der Waals surface area contributed by atoms with Gasteiger partial charge >= 0.3 is 6.08 Å². The third-order valence-electron chi connectivity index (χ3n) is 1.90. The molecule has 0 aliphatic heterocycles. The number of rotatable bonds is 6. The van der Waals surface area contributed by atoms with Gasteiger partial charge < -0.3 is 15.2 Å². The van der Waals surface area contributed by atoms with Gasteiger partial charge in [-0.05, 0) is 27.7 Å². The fourth-order valence-electron chi connectivity index (χ4n) is 1.03. The van der Waals surface area contributed by atoms with E-state index in [1.165, 1.54) is 0 Å². The number of ether oxygens (including phenoxy) is 2. The predicted octanol–water partition coefficient (Wildman–Crippen LogP) is 1.07. The van der Waals surface area contributed by atoms with Crippen LogP contribution < -0.4 is 10.5 Å². The van der Waals surface area contributed by atoms with E-state index in [4.69, 9.17) is 19.7 Å². The molecule has 1 atom stereocenters. The maximum Gasteiger partial charge on any atom is 0.417 e. The Labute approximate surface area is 95.1 Å². The standard InChI is InChI=1S/C10H19N3O3/c1-5-14-9-12-8(13-16-9)10(4,11)6-15-7(2)3/h7H,5-6,11H2,1-4H3. The Balaban J connectivity index is 2.65. The number of hydrogen-bond donors (Lipinski definition) is 1. The molecule has 0 amide bonds. The van der Waals surface area contributed by atoms with Crippen molar-refractivity contribution in [3.05, 3.63) is 5.82 Å². The minimum absolute atomic E-state index is 0.112. The molecule has 1 rings (SSSR count). The van der Waals surface area contributed by atoms with Gasteiger partial charge in [0.15, 0.2) is 5.82 Å². The minimum atomic E-state index is -0.775. The van der Waals surface area contributed by atoms with Gasteiger partial charge in [-0.1, -0.05) is 5.16 Å². The lowest BCUT2D eigenvalue weighted by molar-refractivity contribution is 0.0410. The molecule has 16 heavy (non-hydrogen) atoms. The molecule has 0 radical (unpaired) electrons. The van der Waals surface area contributed by atoms with Crippen LogP contribution in [0.2, 0.25) is 0 Å². The summed E-state index contributed by atoms with van der Waals surface area (Å²) in [6.45, 7) is 8.32. The van der Waals surface area contributed by atoms with Crippen LogP contribution in [-0.4, -0.2) is 29.5 Å². The number of nitrogens with two attached hydrogens (primary N) is 1. The van der Waals surface area contributed by atoms with Gasteiger partial charge in [0.05, 0.1) is 19.3 Å². The van der Waals surface area contributed by atoms with E-state index < -0.39 is 5.54 Å². The van der Waals surface area contributed by atoms with Crippen molar-refractivity contribution in [2.24, 2.45) is 5.73 Å². The van der Waals surface area contributed by atoms with Crippen molar-refractivity contribution in [3.63, 3.8) is 0 Å². The number of hydrogen-bond acceptors (Lipinski definition) is 6. The smallest absolute Gasteiger partial charge is 0.417 e. The van der Waals surface area contributed by atoms with E-state index in [0.29, 0.717) is 19.0 Å². The van der Waals surface area contributed by atoms with Crippen LogP contribution in [0.3, 0.4) is 0 Å². The zero-order chi connectivity index (χ0) is 12.2. The summed E-state index contributed by atoms with van der Waals surface area (Å²) in [5.41, 5.74) is 5.26. The first-order valence-electron chi connectivity index (χ1n) is 5.33. The highest BCUT2D eigenvalue weighted by molar-refractivity contribution is 5.03. The Bertz CT molecular complexity index is 323. The molecule has 0 aliphatic rings. The number of nitrogens with zero attached hydrogens (tertiary/aromatic N) is 2. The highest BCUT2D eigenvalue weighted by Crippen LogP contribution is 2.18. The first kappa shape index (κ1) is 12.9. The minimum Gasteiger partial charge on any atom is -0.449 e. The van der Waals surface area contributed by atoms with E-state index in [9.17, 15) is 0 Å². The summed E-state index contributed by atoms with van der Waals surface area (Å²) in [5.74, 6) is 0.386. The normalized spacial score (nSPS) is 15.1. The zero-order valence-corrected chi connectivity index (χ0v) is 10.2. The van der Waals surface area contributed by atoms with Crippen molar-refractivity contribution in [3.8, 4) is 6.08 Å². The van der Waals surface area contributed by atoms with E-state index in [0.717, 1.165) is 0 Å². The largest absolute Gasteiger partial charge is 0.449 e. The molecule has 2 N–H and O–H groups in total. The molecule has 1 aromatic rings. The van der Waals surface area contributed by atoms with Crippen LogP contribution in [0.5, 0.6) is 6.08 Å². The fraction of sp³-hybridized carbons (Fsp3) is 0.800. The van der Waals surface area contributed by atoms with Gasteiger partial charge in [0, 0.05) is 0 Å². The van der Waals surface area contributed by atoms with Gasteiger partial charge in [-0.2, -0.15) is 4.98 Å². The SMILES string of the molecule is CCOc1nc(C(C)(N)COC(C)C)no1. The zero-order valence-electron chi connectivity index (χ0n) is 10.2. The molecule has 1 heterocycles. The molecule has 0 saturated carbocycles. The highest BCUT2D eigenvalue weighted by atomic mass is 16.6. The quantitative estimate of drug-likeness (QED) is 0.785. The van der Waals surface area contributed by atoms with E-state index in [1.54, 1.807) is 6.92 Å². The fourth-order valence-corrected chi connectivity index (χ4v) is 1.03. The second-order valence-electron chi connectivity index (χ2n) is 4.09. The lowest BCUT2D eigenvalue weighted by atomic mass is 10.1. The summed E-state index contributed by atoms with van der Waals surface area (Å²) in [6, 6.07) is 0. The Hall–Kier alpha value is -1.14. The van der Waals surface area contributed by atoms with Crippen LogP contribution in [0.1, 0.15) is 33.5 Å². The molecule has 0 fully saturated rings. The van der Waals surface area contributed by atoms with Crippen molar-refractivity contribution < 1.29 is 14.0 Å². The van der Waals surface area contributed by atoms with E-state index in [2.05, 4.69) is 10.1 Å². The Kier molecular flexibility index (Phi) is 4.26. The average Bonchev–Trinajstić information content (AvgIpc) is 2.65. The van der Waals surface area contributed by atoms with E-state index in [1.807, 2.05) is 20.8 Å². The number of aromatic nitrogens is 2. The molecule has 92 valence electrons. The topological polar surface area (TPSA) is 83.4 Å². The van der Waals surface area contributed by atoms with Gasteiger partial charge in [0.25, 0.3) is 0 Å². The summed E-state index contributed by atoms with van der Waals surface area (Å²) in [4.78, 5) is 4.04. The molecular weight excluding hydrogens is 210 g/mol. The third-order valence-corrected chi connectivity index (χ3v) is 1.90. The van der Waals surface area contributed by atoms with Crippen molar-refractivity contribution in [1.82, 2.24) is 10.1 Å². The molecule has 6 heteroatoms.